The van der Waals surface area contributed by atoms with E-state index in [1.807, 2.05) is 24.3 Å². The Morgan fingerprint density at radius 3 is 2.53 bits per heavy atom. The first-order valence-electron chi connectivity index (χ1n) is 4.48. The van der Waals surface area contributed by atoms with Crippen molar-refractivity contribution in [1.29, 1.82) is 0 Å². The number of hydrogen-bond acceptors (Lipinski definition) is 1. The molecule has 0 aromatic heterocycles. The van der Waals surface area contributed by atoms with E-state index in [1.54, 1.807) is 12.1 Å². The van der Waals surface area contributed by atoms with Crippen LogP contribution in [0.15, 0.2) is 46.9 Å². The van der Waals surface area contributed by atoms with Crippen molar-refractivity contribution in [3.63, 3.8) is 0 Å². The molecular formula is C12H9BrFN. The second-order valence-electron chi connectivity index (χ2n) is 3.25. The molecule has 2 rings (SSSR count). The second-order valence-corrected chi connectivity index (χ2v) is 4.17. The van der Waals surface area contributed by atoms with Gasteiger partial charge in [0.1, 0.15) is 5.82 Å². The minimum absolute atomic E-state index is 0.298. The maximum absolute atomic E-state index is 13.6. The van der Waals surface area contributed by atoms with Crippen molar-refractivity contribution < 1.29 is 4.39 Å². The topological polar surface area (TPSA) is 26.0 Å². The molecule has 0 spiro atoms. The molecule has 0 radical (unpaired) electrons. The van der Waals surface area contributed by atoms with Gasteiger partial charge >= 0.3 is 0 Å². The van der Waals surface area contributed by atoms with Crippen LogP contribution in [0.25, 0.3) is 11.1 Å². The summed E-state index contributed by atoms with van der Waals surface area (Å²) in [6.45, 7) is 0. The summed E-state index contributed by atoms with van der Waals surface area (Å²) in [5.74, 6) is -0.298. The Labute approximate surface area is 95.9 Å². The quantitative estimate of drug-likeness (QED) is 0.780. The Morgan fingerprint density at radius 2 is 1.87 bits per heavy atom. The molecule has 1 nitrogen and oxygen atoms in total. The third-order valence-corrected chi connectivity index (χ3v) is 2.62. The summed E-state index contributed by atoms with van der Waals surface area (Å²) in [5.41, 5.74) is 7.32. The monoisotopic (exact) mass is 265 g/mol. The van der Waals surface area contributed by atoms with Gasteiger partial charge in [0, 0.05) is 15.7 Å². The zero-order valence-electron chi connectivity index (χ0n) is 7.87. The van der Waals surface area contributed by atoms with Crippen LogP contribution in [0.5, 0.6) is 0 Å². The van der Waals surface area contributed by atoms with E-state index in [4.69, 9.17) is 5.73 Å². The normalized spacial score (nSPS) is 10.3. The van der Waals surface area contributed by atoms with E-state index < -0.39 is 0 Å². The van der Waals surface area contributed by atoms with Crippen LogP contribution < -0.4 is 5.73 Å². The van der Waals surface area contributed by atoms with Gasteiger partial charge in [-0.15, -0.1) is 0 Å². The zero-order chi connectivity index (χ0) is 10.8. The lowest BCUT2D eigenvalue weighted by Crippen LogP contribution is -1.89. The standard InChI is InChI=1S/C12H9BrFN/c13-9-3-1-2-8(6-9)11-5-4-10(15)7-12(11)14/h1-7H,15H2. The Morgan fingerprint density at radius 1 is 1.07 bits per heavy atom. The lowest BCUT2D eigenvalue weighted by Gasteiger charge is -2.04. The van der Waals surface area contributed by atoms with Gasteiger partial charge in [-0.1, -0.05) is 28.1 Å². The van der Waals surface area contributed by atoms with Gasteiger partial charge in [0.05, 0.1) is 0 Å². The van der Waals surface area contributed by atoms with Gasteiger partial charge in [0.25, 0.3) is 0 Å². The molecular weight excluding hydrogens is 257 g/mol. The van der Waals surface area contributed by atoms with Crippen LogP contribution in [-0.4, -0.2) is 0 Å². The van der Waals surface area contributed by atoms with Gasteiger partial charge in [-0.05, 0) is 35.9 Å². The van der Waals surface area contributed by atoms with Crippen molar-refractivity contribution in [1.82, 2.24) is 0 Å². The van der Waals surface area contributed by atoms with Crippen molar-refractivity contribution in [2.24, 2.45) is 0 Å². The summed E-state index contributed by atoms with van der Waals surface area (Å²) in [5, 5.41) is 0. The maximum atomic E-state index is 13.6. The summed E-state index contributed by atoms with van der Waals surface area (Å²) in [6.07, 6.45) is 0. The lowest BCUT2D eigenvalue weighted by molar-refractivity contribution is 0.632. The molecule has 0 aliphatic heterocycles. The van der Waals surface area contributed by atoms with Gasteiger partial charge in [-0.3, -0.25) is 0 Å². The minimum Gasteiger partial charge on any atom is -0.399 e. The Hall–Kier alpha value is -1.35. The van der Waals surface area contributed by atoms with E-state index in [0.29, 0.717) is 11.3 Å². The molecule has 2 aromatic carbocycles. The highest BCUT2D eigenvalue weighted by molar-refractivity contribution is 9.10. The molecule has 0 bridgehead atoms. The van der Waals surface area contributed by atoms with E-state index in [2.05, 4.69) is 15.9 Å². The molecule has 0 unspecified atom stereocenters. The third kappa shape index (κ3) is 2.18. The fraction of sp³-hybridized carbons (Fsp3) is 0. The molecule has 0 saturated carbocycles. The summed E-state index contributed by atoms with van der Waals surface area (Å²) in [4.78, 5) is 0. The predicted molar refractivity (Wildman–Crippen MR) is 63.9 cm³/mol. The molecule has 2 N–H and O–H groups in total. The van der Waals surface area contributed by atoms with Crippen molar-refractivity contribution in [3.05, 3.63) is 52.8 Å². The Kier molecular flexibility index (Phi) is 2.73. The van der Waals surface area contributed by atoms with Crippen LogP contribution in [0.3, 0.4) is 0 Å². The smallest absolute Gasteiger partial charge is 0.133 e. The molecule has 0 heterocycles. The zero-order valence-corrected chi connectivity index (χ0v) is 9.46. The largest absolute Gasteiger partial charge is 0.399 e. The number of rotatable bonds is 1. The average Bonchev–Trinajstić information content (AvgIpc) is 2.17. The lowest BCUT2D eigenvalue weighted by atomic mass is 10.1. The van der Waals surface area contributed by atoms with Crippen molar-refractivity contribution in [3.8, 4) is 11.1 Å². The van der Waals surface area contributed by atoms with E-state index in [-0.39, 0.29) is 5.82 Å². The predicted octanol–water partition coefficient (Wildman–Crippen LogP) is 3.84. The Bertz CT molecular complexity index is 497. The highest BCUT2D eigenvalue weighted by Gasteiger charge is 2.05. The van der Waals surface area contributed by atoms with Crippen molar-refractivity contribution >= 4 is 21.6 Å². The molecule has 2 aromatic rings. The summed E-state index contributed by atoms with van der Waals surface area (Å²) in [6, 6.07) is 12.2. The van der Waals surface area contributed by atoms with Gasteiger partial charge in [-0.2, -0.15) is 0 Å². The van der Waals surface area contributed by atoms with Crippen molar-refractivity contribution in [2.75, 3.05) is 5.73 Å². The van der Waals surface area contributed by atoms with E-state index >= 15 is 0 Å². The highest BCUT2D eigenvalue weighted by atomic mass is 79.9. The van der Waals surface area contributed by atoms with Crippen LogP contribution in [-0.2, 0) is 0 Å². The van der Waals surface area contributed by atoms with Crippen LogP contribution >= 0.6 is 15.9 Å². The summed E-state index contributed by atoms with van der Waals surface area (Å²) < 4.78 is 14.5. The second kappa shape index (κ2) is 4.03. The van der Waals surface area contributed by atoms with Crippen LogP contribution in [0, 0.1) is 5.82 Å². The van der Waals surface area contributed by atoms with E-state index in [9.17, 15) is 4.39 Å². The van der Waals surface area contributed by atoms with Gasteiger partial charge in [0.15, 0.2) is 0 Å². The van der Waals surface area contributed by atoms with Gasteiger partial charge < -0.3 is 5.73 Å². The van der Waals surface area contributed by atoms with Crippen molar-refractivity contribution in [2.45, 2.75) is 0 Å². The molecule has 0 atom stereocenters. The molecule has 0 fully saturated rings. The molecule has 3 heteroatoms. The number of nitrogens with two attached hydrogens (primary N) is 1. The Balaban J connectivity index is 2.54. The molecule has 15 heavy (non-hydrogen) atoms. The first kappa shape index (κ1) is 10.2. The van der Waals surface area contributed by atoms with Crippen LogP contribution in [0.1, 0.15) is 0 Å². The fourth-order valence-electron chi connectivity index (χ4n) is 1.42. The number of benzene rings is 2. The fourth-order valence-corrected chi connectivity index (χ4v) is 1.82. The molecule has 0 aliphatic rings. The molecule has 76 valence electrons. The first-order valence-corrected chi connectivity index (χ1v) is 5.27. The van der Waals surface area contributed by atoms with E-state index in [1.165, 1.54) is 6.07 Å². The first-order chi connectivity index (χ1) is 7.16. The summed E-state index contributed by atoms with van der Waals surface area (Å²) in [7, 11) is 0. The number of hydrogen-bond donors (Lipinski definition) is 1. The molecule has 0 aliphatic carbocycles. The van der Waals surface area contributed by atoms with Crippen LogP contribution in [0.2, 0.25) is 0 Å². The highest BCUT2D eigenvalue weighted by Crippen LogP contribution is 2.26. The van der Waals surface area contributed by atoms with E-state index in [0.717, 1.165) is 10.0 Å². The number of halogens is 2. The average molecular weight is 266 g/mol. The van der Waals surface area contributed by atoms with Gasteiger partial charge in [-0.25, -0.2) is 4.39 Å². The number of anilines is 1. The third-order valence-electron chi connectivity index (χ3n) is 2.13. The molecule has 0 amide bonds. The minimum atomic E-state index is -0.298. The maximum Gasteiger partial charge on any atom is 0.133 e. The SMILES string of the molecule is Nc1ccc(-c2cccc(Br)c2)c(F)c1. The number of nitrogen functional groups attached to an aromatic ring is 1. The van der Waals surface area contributed by atoms with Crippen LogP contribution in [0.4, 0.5) is 10.1 Å². The van der Waals surface area contributed by atoms with Gasteiger partial charge in [0.2, 0.25) is 0 Å². The summed E-state index contributed by atoms with van der Waals surface area (Å²) >= 11 is 3.35. The molecule has 0 saturated heterocycles.